The van der Waals surface area contributed by atoms with Gasteiger partial charge in [-0.2, -0.15) is 0 Å². The second kappa shape index (κ2) is 7.95. The maximum absolute atomic E-state index is 12.3. The summed E-state index contributed by atoms with van der Waals surface area (Å²) < 4.78 is 41.3. The Labute approximate surface area is 144 Å². The first-order valence-corrected chi connectivity index (χ1v) is 8.68. The highest BCUT2D eigenvalue weighted by Gasteiger charge is 2.19. The fourth-order valence-electron chi connectivity index (χ4n) is 1.91. The van der Waals surface area contributed by atoms with Crippen LogP contribution in [0, 0.1) is 6.92 Å². The van der Waals surface area contributed by atoms with E-state index in [9.17, 15) is 18.0 Å². The van der Waals surface area contributed by atoms with Gasteiger partial charge in [0, 0.05) is 0 Å². The first kappa shape index (κ1) is 18.7. The minimum Gasteiger partial charge on any atom is -0.468 e. The molecule has 0 fully saturated rings. The predicted octanol–water partition coefficient (Wildman–Crippen LogP) is 1.40. The summed E-state index contributed by atoms with van der Waals surface area (Å²) in [5.74, 6) is -1.07. The largest absolute Gasteiger partial charge is 0.468 e. The average Bonchev–Trinajstić information content (AvgIpc) is 3.11. The number of benzene rings is 1. The van der Waals surface area contributed by atoms with Gasteiger partial charge in [-0.3, -0.25) is 0 Å². The molecule has 1 aromatic carbocycles. The van der Waals surface area contributed by atoms with Gasteiger partial charge in [0.1, 0.15) is 5.76 Å². The molecule has 0 atom stereocenters. The van der Waals surface area contributed by atoms with Crippen LogP contribution in [0.2, 0.25) is 0 Å². The van der Waals surface area contributed by atoms with E-state index in [1.54, 1.807) is 19.1 Å². The number of nitrogens with one attached hydrogen (secondary N) is 1. The van der Waals surface area contributed by atoms with Gasteiger partial charge in [0.05, 0.1) is 30.4 Å². The van der Waals surface area contributed by atoms with Gasteiger partial charge in [-0.05, 0) is 36.8 Å². The molecule has 0 aliphatic heterocycles. The van der Waals surface area contributed by atoms with E-state index >= 15 is 0 Å². The quantitative estimate of drug-likeness (QED) is 0.736. The van der Waals surface area contributed by atoms with Gasteiger partial charge in [-0.15, -0.1) is 0 Å². The zero-order valence-corrected chi connectivity index (χ0v) is 14.5. The molecule has 0 saturated heterocycles. The van der Waals surface area contributed by atoms with Crippen LogP contribution < -0.4 is 4.72 Å². The molecule has 0 unspecified atom stereocenters. The second-order valence-corrected chi connectivity index (χ2v) is 6.80. The van der Waals surface area contributed by atoms with Gasteiger partial charge in [-0.1, -0.05) is 6.07 Å². The number of furan rings is 1. The van der Waals surface area contributed by atoms with Gasteiger partial charge in [0.25, 0.3) is 0 Å². The van der Waals surface area contributed by atoms with E-state index in [0.717, 1.165) is 0 Å². The molecule has 2 rings (SSSR count). The molecule has 2 aromatic rings. The Morgan fingerprint density at radius 1 is 1.24 bits per heavy atom. The highest BCUT2D eigenvalue weighted by atomic mass is 32.2. The van der Waals surface area contributed by atoms with E-state index in [1.165, 1.54) is 31.6 Å². The highest BCUT2D eigenvalue weighted by Crippen LogP contribution is 2.17. The van der Waals surface area contributed by atoms with Crippen LogP contribution in [0.5, 0.6) is 0 Å². The van der Waals surface area contributed by atoms with Crippen LogP contribution in [0.1, 0.15) is 21.7 Å². The number of ether oxygens (including phenoxy) is 2. The smallest absolute Gasteiger partial charge is 0.344 e. The van der Waals surface area contributed by atoms with E-state index in [-0.39, 0.29) is 17.0 Å². The molecule has 1 aromatic heterocycles. The molecule has 0 aliphatic carbocycles. The Morgan fingerprint density at radius 3 is 2.64 bits per heavy atom. The summed E-state index contributed by atoms with van der Waals surface area (Å²) >= 11 is 0. The Kier molecular flexibility index (Phi) is 5.94. The number of rotatable bonds is 7. The van der Waals surface area contributed by atoms with Gasteiger partial charge >= 0.3 is 11.9 Å². The Morgan fingerprint density at radius 2 is 2.00 bits per heavy atom. The fourth-order valence-corrected chi connectivity index (χ4v) is 2.93. The molecule has 8 nitrogen and oxygen atoms in total. The number of methoxy groups -OCH3 is 1. The summed E-state index contributed by atoms with van der Waals surface area (Å²) in [6.07, 6.45) is 1.44. The van der Waals surface area contributed by atoms with Gasteiger partial charge in [0.15, 0.2) is 6.61 Å². The predicted molar refractivity (Wildman–Crippen MR) is 86.2 cm³/mol. The van der Waals surface area contributed by atoms with Gasteiger partial charge < -0.3 is 13.9 Å². The standard InChI is InChI=1S/C16H17NO7S/c1-11-5-6-13(8-14(11)16(19)24-10-15(18)22-2)25(20,21)17-9-12-4-3-7-23-12/h3-8,17H,9-10H2,1-2H3. The summed E-state index contributed by atoms with van der Waals surface area (Å²) in [6, 6.07) is 7.32. The van der Waals surface area contributed by atoms with E-state index in [1.807, 2.05) is 0 Å². The molecule has 1 heterocycles. The van der Waals surface area contributed by atoms with E-state index < -0.39 is 28.6 Å². The molecule has 1 N–H and O–H groups in total. The van der Waals surface area contributed by atoms with Crippen molar-refractivity contribution >= 4 is 22.0 Å². The molecule has 9 heteroatoms. The van der Waals surface area contributed by atoms with Crippen molar-refractivity contribution in [2.75, 3.05) is 13.7 Å². The average molecular weight is 367 g/mol. The normalized spacial score (nSPS) is 11.1. The van der Waals surface area contributed by atoms with Crippen molar-refractivity contribution < 1.29 is 31.9 Å². The fraction of sp³-hybridized carbons (Fsp3) is 0.250. The Balaban J connectivity index is 2.16. The number of hydrogen-bond donors (Lipinski definition) is 1. The van der Waals surface area contributed by atoms with Crippen molar-refractivity contribution in [3.05, 3.63) is 53.5 Å². The van der Waals surface area contributed by atoms with Crippen LogP contribution in [0.4, 0.5) is 0 Å². The minimum absolute atomic E-state index is 0.0225. The van der Waals surface area contributed by atoms with Crippen molar-refractivity contribution in [3.63, 3.8) is 0 Å². The highest BCUT2D eigenvalue weighted by molar-refractivity contribution is 7.89. The molecule has 0 saturated carbocycles. The lowest BCUT2D eigenvalue weighted by Gasteiger charge is -2.10. The summed E-state index contributed by atoms with van der Waals surface area (Å²) in [5, 5.41) is 0. The number of hydrogen-bond acceptors (Lipinski definition) is 7. The lowest BCUT2D eigenvalue weighted by molar-refractivity contribution is -0.144. The molecule has 0 amide bonds. The summed E-state index contributed by atoms with van der Waals surface area (Å²) in [5.41, 5.74) is 0.560. The van der Waals surface area contributed by atoms with Gasteiger partial charge in [0.2, 0.25) is 10.0 Å². The lowest BCUT2D eigenvalue weighted by Crippen LogP contribution is -2.23. The molecular weight excluding hydrogens is 350 g/mol. The first-order valence-electron chi connectivity index (χ1n) is 7.20. The molecule has 0 radical (unpaired) electrons. The number of aryl methyl sites for hydroxylation is 1. The van der Waals surface area contributed by atoms with Crippen molar-refractivity contribution in [2.24, 2.45) is 0 Å². The van der Waals surface area contributed by atoms with Gasteiger partial charge in [-0.25, -0.2) is 22.7 Å². The van der Waals surface area contributed by atoms with Crippen LogP contribution in [-0.2, 0) is 30.8 Å². The lowest BCUT2D eigenvalue weighted by atomic mass is 10.1. The summed E-state index contributed by atoms with van der Waals surface area (Å²) in [4.78, 5) is 23.0. The van der Waals surface area contributed by atoms with E-state index in [0.29, 0.717) is 11.3 Å². The van der Waals surface area contributed by atoms with Crippen LogP contribution in [0.3, 0.4) is 0 Å². The number of esters is 2. The zero-order valence-electron chi connectivity index (χ0n) is 13.6. The monoisotopic (exact) mass is 367 g/mol. The minimum atomic E-state index is -3.85. The molecule has 0 spiro atoms. The molecule has 0 aliphatic rings. The maximum Gasteiger partial charge on any atom is 0.344 e. The van der Waals surface area contributed by atoms with Crippen LogP contribution in [-0.4, -0.2) is 34.1 Å². The van der Waals surface area contributed by atoms with Crippen LogP contribution >= 0.6 is 0 Å². The van der Waals surface area contributed by atoms with Crippen molar-refractivity contribution in [1.82, 2.24) is 4.72 Å². The van der Waals surface area contributed by atoms with Crippen molar-refractivity contribution in [1.29, 1.82) is 0 Å². The first-order chi connectivity index (χ1) is 11.8. The van der Waals surface area contributed by atoms with Crippen molar-refractivity contribution in [3.8, 4) is 0 Å². The van der Waals surface area contributed by atoms with Crippen LogP contribution in [0.25, 0.3) is 0 Å². The summed E-state index contributed by atoms with van der Waals surface area (Å²) in [6.45, 7) is 1.05. The Bertz CT molecular complexity index is 857. The van der Waals surface area contributed by atoms with E-state index in [4.69, 9.17) is 9.15 Å². The third-order valence-corrected chi connectivity index (χ3v) is 4.70. The number of carbonyl (C=O) groups is 2. The molecule has 25 heavy (non-hydrogen) atoms. The number of sulfonamides is 1. The third kappa shape index (κ3) is 4.91. The SMILES string of the molecule is COC(=O)COC(=O)c1cc(S(=O)(=O)NCc2ccco2)ccc1C. The van der Waals surface area contributed by atoms with Crippen LogP contribution in [0.15, 0.2) is 45.9 Å². The zero-order chi connectivity index (χ0) is 18.4. The topological polar surface area (TPSA) is 112 Å². The maximum atomic E-state index is 12.3. The Hall–Kier alpha value is -2.65. The number of carbonyl (C=O) groups excluding carboxylic acids is 2. The van der Waals surface area contributed by atoms with E-state index in [2.05, 4.69) is 9.46 Å². The summed E-state index contributed by atoms with van der Waals surface area (Å²) in [7, 11) is -2.69. The molecular formula is C16H17NO7S. The molecule has 134 valence electrons. The second-order valence-electron chi connectivity index (χ2n) is 5.03. The third-order valence-electron chi connectivity index (χ3n) is 3.30. The molecule has 0 bridgehead atoms. The van der Waals surface area contributed by atoms with Crippen molar-refractivity contribution in [2.45, 2.75) is 18.4 Å².